The van der Waals surface area contributed by atoms with Gasteiger partial charge in [0.25, 0.3) is 0 Å². The first-order valence-corrected chi connectivity index (χ1v) is 9.23. The lowest BCUT2D eigenvalue weighted by Gasteiger charge is -2.18. The van der Waals surface area contributed by atoms with Gasteiger partial charge in [-0.1, -0.05) is 53.3 Å². The van der Waals surface area contributed by atoms with Gasteiger partial charge in [-0.15, -0.1) is 0 Å². The maximum Gasteiger partial charge on any atom is 0.228 e. The second kappa shape index (κ2) is 7.66. The molecule has 0 aliphatic carbocycles. The Morgan fingerprint density at radius 2 is 1.85 bits per heavy atom. The molecule has 6 heteroatoms. The number of benzene rings is 2. The minimum Gasteiger partial charge on any atom is -0.349 e. The average molecular weight is 367 g/mol. The Bertz CT molecular complexity index is 947. The van der Waals surface area contributed by atoms with Gasteiger partial charge in [0.15, 0.2) is 5.13 Å². The maximum absolute atomic E-state index is 12.5. The molecule has 1 heterocycles. The average Bonchev–Trinajstić information content (AvgIpc) is 2.98. The molecule has 134 valence electrons. The van der Waals surface area contributed by atoms with E-state index in [1.807, 2.05) is 56.3 Å². The van der Waals surface area contributed by atoms with Crippen LogP contribution in [0.4, 0.5) is 5.13 Å². The van der Waals surface area contributed by atoms with Crippen molar-refractivity contribution in [1.29, 1.82) is 0 Å². The van der Waals surface area contributed by atoms with Crippen LogP contribution < -0.4 is 10.6 Å². The van der Waals surface area contributed by atoms with Crippen molar-refractivity contribution < 1.29 is 9.59 Å². The molecule has 3 aromatic rings. The number of thiazole rings is 1. The number of carbonyl (C=O) groups is 2. The van der Waals surface area contributed by atoms with E-state index in [9.17, 15) is 9.59 Å². The molecule has 0 radical (unpaired) electrons. The van der Waals surface area contributed by atoms with Gasteiger partial charge in [0, 0.05) is 6.92 Å². The molecule has 0 saturated heterocycles. The molecule has 2 N–H and O–H groups in total. The fourth-order valence-electron chi connectivity index (χ4n) is 2.79. The Hall–Kier alpha value is -2.73. The number of nitrogens with zero attached hydrogens (tertiary/aromatic N) is 1. The Labute approximate surface area is 156 Å². The minimum atomic E-state index is -0.371. The number of hydrogen-bond acceptors (Lipinski definition) is 4. The van der Waals surface area contributed by atoms with Crippen LogP contribution >= 0.6 is 11.3 Å². The molecule has 0 aliphatic heterocycles. The van der Waals surface area contributed by atoms with E-state index in [1.54, 1.807) is 0 Å². The number of amides is 2. The zero-order chi connectivity index (χ0) is 18.7. The topological polar surface area (TPSA) is 71.1 Å². The lowest BCUT2D eigenvalue weighted by Crippen LogP contribution is -2.29. The normalized spacial score (nSPS) is 12.0. The fourth-order valence-corrected chi connectivity index (χ4v) is 3.75. The van der Waals surface area contributed by atoms with E-state index < -0.39 is 0 Å². The van der Waals surface area contributed by atoms with Crippen LogP contribution in [0.15, 0.2) is 42.5 Å². The van der Waals surface area contributed by atoms with Gasteiger partial charge in [-0.3, -0.25) is 9.59 Å². The molecule has 26 heavy (non-hydrogen) atoms. The predicted molar refractivity (Wildman–Crippen MR) is 105 cm³/mol. The molecule has 2 aromatic carbocycles. The lowest BCUT2D eigenvalue weighted by molar-refractivity contribution is -0.120. The van der Waals surface area contributed by atoms with Gasteiger partial charge < -0.3 is 10.6 Å². The quantitative estimate of drug-likeness (QED) is 0.713. The first-order chi connectivity index (χ1) is 12.4. The standard InChI is InChI=1S/C20H21N3O2S/c1-12-7-9-15(10-8-12)16(21-14(3)24)11-18(25)22-20-23-19-13(2)5-4-6-17(19)26-20/h4-10,16H,11H2,1-3H3,(H,21,24)(H,22,23,25). The molecule has 0 spiro atoms. The highest BCUT2D eigenvalue weighted by Crippen LogP contribution is 2.28. The summed E-state index contributed by atoms with van der Waals surface area (Å²) in [5, 5.41) is 6.29. The molecule has 5 nitrogen and oxygen atoms in total. The Balaban J connectivity index is 1.75. The van der Waals surface area contributed by atoms with Gasteiger partial charge in [-0.05, 0) is 31.0 Å². The molecule has 0 saturated carbocycles. The molecule has 3 rings (SSSR count). The van der Waals surface area contributed by atoms with Crippen LogP contribution in [0.3, 0.4) is 0 Å². The highest BCUT2D eigenvalue weighted by atomic mass is 32.1. The first-order valence-electron chi connectivity index (χ1n) is 8.42. The highest BCUT2D eigenvalue weighted by molar-refractivity contribution is 7.22. The van der Waals surface area contributed by atoms with Crippen molar-refractivity contribution in [2.45, 2.75) is 33.2 Å². The third-order valence-corrected chi connectivity index (χ3v) is 5.05. The molecule has 1 aromatic heterocycles. The van der Waals surface area contributed by atoms with Crippen molar-refractivity contribution in [2.75, 3.05) is 5.32 Å². The van der Waals surface area contributed by atoms with Gasteiger partial charge in [0.1, 0.15) is 0 Å². The van der Waals surface area contributed by atoms with Crippen LogP contribution in [0, 0.1) is 13.8 Å². The molecule has 0 bridgehead atoms. The summed E-state index contributed by atoms with van der Waals surface area (Å²) in [6.45, 7) is 5.45. The van der Waals surface area contributed by atoms with E-state index in [-0.39, 0.29) is 24.3 Å². The van der Waals surface area contributed by atoms with Crippen LogP contribution in [0.1, 0.15) is 36.1 Å². The number of carbonyl (C=O) groups excluding carboxylic acids is 2. The summed E-state index contributed by atoms with van der Waals surface area (Å²) in [5.41, 5.74) is 4.02. The summed E-state index contributed by atoms with van der Waals surface area (Å²) in [4.78, 5) is 28.6. The smallest absolute Gasteiger partial charge is 0.228 e. The number of fused-ring (bicyclic) bond motifs is 1. The number of hydrogen-bond donors (Lipinski definition) is 2. The van der Waals surface area contributed by atoms with Gasteiger partial charge in [-0.25, -0.2) is 4.98 Å². The first kappa shape index (κ1) is 18.1. The maximum atomic E-state index is 12.5. The van der Waals surface area contributed by atoms with Crippen LogP contribution in [0.25, 0.3) is 10.2 Å². The fraction of sp³-hybridized carbons (Fsp3) is 0.250. The van der Waals surface area contributed by atoms with Crippen molar-refractivity contribution in [3.63, 3.8) is 0 Å². The molecule has 0 fully saturated rings. The lowest BCUT2D eigenvalue weighted by atomic mass is 10.0. The van der Waals surface area contributed by atoms with E-state index in [0.717, 1.165) is 26.9 Å². The third kappa shape index (κ3) is 4.26. The monoisotopic (exact) mass is 367 g/mol. The number of aromatic nitrogens is 1. The summed E-state index contributed by atoms with van der Waals surface area (Å²) >= 11 is 1.45. The molecule has 1 atom stereocenters. The van der Waals surface area contributed by atoms with Crippen molar-refractivity contribution in [3.05, 3.63) is 59.2 Å². The largest absolute Gasteiger partial charge is 0.349 e. The highest BCUT2D eigenvalue weighted by Gasteiger charge is 2.18. The van der Waals surface area contributed by atoms with E-state index in [0.29, 0.717) is 5.13 Å². The van der Waals surface area contributed by atoms with Crippen LogP contribution in [0.2, 0.25) is 0 Å². The van der Waals surface area contributed by atoms with Gasteiger partial charge in [0.2, 0.25) is 11.8 Å². The Morgan fingerprint density at radius 1 is 1.12 bits per heavy atom. The summed E-state index contributed by atoms with van der Waals surface area (Å²) in [7, 11) is 0. The van der Waals surface area contributed by atoms with Gasteiger partial charge in [-0.2, -0.15) is 0 Å². The molecule has 0 aliphatic rings. The number of anilines is 1. The second-order valence-corrected chi connectivity index (χ2v) is 7.39. The SMILES string of the molecule is CC(=O)NC(CC(=O)Nc1nc2c(C)cccc2s1)c1ccc(C)cc1. The predicted octanol–water partition coefficient (Wildman–Crippen LogP) is 4.12. The zero-order valence-corrected chi connectivity index (χ0v) is 15.8. The van der Waals surface area contributed by atoms with Crippen LogP contribution in [0.5, 0.6) is 0 Å². The van der Waals surface area contributed by atoms with Crippen LogP contribution in [-0.2, 0) is 9.59 Å². The minimum absolute atomic E-state index is 0.150. The summed E-state index contributed by atoms with van der Waals surface area (Å²) in [6, 6.07) is 13.4. The number of rotatable bonds is 5. The summed E-state index contributed by atoms with van der Waals surface area (Å²) in [6.07, 6.45) is 0.150. The Morgan fingerprint density at radius 3 is 2.50 bits per heavy atom. The van der Waals surface area contributed by atoms with E-state index in [2.05, 4.69) is 15.6 Å². The Kier molecular flexibility index (Phi) is 5.32. The van der Waals surface area contributed by atoms with Crippen molar-refractivity contribution >= 4 is 38.5 Å². The van der Waals surface area contributed by atoms with Crippen molar-refractivity contribution in [1.82, 2.24) is 10.3 Å². The van der Waals surface area contributed by atoms with Crippen molar-refractivity contribution in [3.8, 4) is 0 Å². The molecular weight excluding hydrogens is 346 g/mol. The summed E-state index contributed by atoms with van der Waals surface area (Å²) in [5.74, 6) is -0.347. The second-order valence-electron chi connectivity index (χ2n) is 6.36. The van der Waals surface area contributed by atoms with E-state index in [1.165, 1.54) is 18.3 Å². The number of nitrogens with one attached hydrogen (secondary N) is 2. The van der Waals surface area contributed by atoms with Gasteiger partial charge in [0.05, 0.1) is 22.7 Å². The molecule has 2 amide bonds. The van der Waals surface area contributed by atoms with E-state index >= 15 is 0 Å². The van der Waals surface area contributed by atoms with E-state index in [4.69, 9.17) is 0 Å². The molecule has 1 unspecified atom stereocenters. The molecular formula is C20H21N3O2S. The third-order valence-electron chi connectivity index (χ3n) is 4.11. The van der Waals surface area contributed by atoms with Crippen molar-refractivity contribution in [2.24, 2.45) is 0 Å². The van der Waals surface area contributed by atoms with Gasteiger partial charge >= 0.3 is 0 Å². The number of para-hydroxylation sites is 1. The zero-order valence-electron chi connectivity index (χ0n) is 15.0. The summed E-state index contributed by atoms with van der Waals surface area (Å²) < 4.78 is 1.04. The number of aryl methyl sites for hydroxylation is 2. The van der Waals surface area contributed by atoms with Crippen LogP contribution in [-0.4, -0.2) is 16.8 Å².